The zero-order chi connectivity index (χ0) is 22.3. The van der Waals surface area contributed by atoms with E-state index in [9.17, 15) is 9.18 Å². The third kappa shape index (κ3) is 3.62. The van der Waals surface area contributed by atoms with Gasteiger partial charge in [-0.2, -0.15) is 0 Å². The number of imidazole rings is 1. The van der Waals surface area contributed by atoms with Crippen molar-refractivity contribution in [2.75, 3.05) is 0 Å². The summed E-state index contributed by atoms with van der Waals surface area (Å²) in [6, 6.07) is 13.9. The minimum atomic E-state index is -0.939. The van der Waals surface area contributed by atoms with Gasteiger partial charge in [0.1, 0.15) is 29.6 Å². The molecule has 0 unspecified atom stereocenters. The lowest BCUT2D eigenvalue weighted by Gasteiger charge is -2.17. The number of hydrogen-bond acceptors (Lipinski definition) is 5. The summed E-state index contributed by atoms with van der Waals surface area (Å²) in [6.07, 6.45) is 6.44. The van der Waals surface area contributed by atoms with Gasteiger partial charge in [0.2, 0.25) is 5.78 Å². The lowest BCUT2D eigenvalue weighted by Crippen LogP contribution is -2.29. The smallest absolute Gasteiger partial charge is 0.210 e. The van der Waals surface area contributed by atoms with Gasteiger partial charge in [-0.05, 0) is 55.8 Å². The number of halogens is 1. The molecule has 1 aromatic carbocycles. The fourth-order valence-corrected chi connectivity index (χ4v) is 3.69. The second-order valence-electron chi connectivity index (χ2n) is 8.04. The van der Waals surface area contributed by atoms with E-state index in [0.717, 1.165) is 11.1 Å². The van der Waals surface area contributed by atoms with Gasteiger partial charge in [-0.15, -0.1) is 0 Å². The lowest BCUT2D eigenvalue weighted by atomic mass is 9.93. The second-order valence-corrected chi connectivity index (χ2v) is 8.04. The first-order valence-corrected chi connectivity index (χ1v) is 10.2. The minimum Gasteiger partial charge on any atom is -0.487 e. The van der Waals surface area contributed by atoms with Crippen molar-refractivity contribution in [1.29, 1.82) is 0 Å². The number of ketones is 1. The van der Waals surface area contributed by atoms with Crippen molar-refractivity contribution >= 4 is 22.8 Å². The number of Topliss-reactive ketones (excluding diaryl/α,β-unsaturated/α-hetero) is 1. The number of ether oxygens (including phenoxy) is 2. The molecule has 6 nitrogen and oxygen atoms in total. The molecule has 0 amide bonds. The van der Waals surface area contributed by atoms with E-state index >= 15 is 0 Å². The van der Waals surface area contributed by atoms with Crippen LogP contribution >= 0.6 is 0 Å². The number of pyridine rings is 2. The standard InChI is InChI=1S/C25H20FN3O3/c1-25(2)24(30)22(23(32-25)17-9-11-27-12-10-17)16-3-6-20(7-4-16)31-15-19-14-29-13-18(26)5-8-21(29)28-19/h3-14H,15H2,1-2H3. The molecule has 0 saturated heterocycles. The summed E-state index contributed by atoms with van der Waals surface area (Å²) in [5.74, 6) is 0.781. The zero-order valence-corrected chi connectivity index (χ0v) is 17.6. The summed E-state index contributed by atoms with van der Waals surface area (Å²) in [4.78, 5) is 21.5. The number of hydrogen-bond donors (Lipinski definition) is 0. The molecule has 1 aliphatic rings. The highest BCUT2D eigenvalue weighted by atomic mass is 19.1. The molecular weight excluding hydrogens is 409 g/mol. The molecule has 7 heteroatoms. The highest BCUT2D eigenvalue weighted by Crippen LogP contribution is 2.41. The van der Waals surface area contributed by atoms with Gasteiger partial charge >= 0.3 is 0 Å². The van der Waals surface area contributed by atoms with E-state index in [0.29, 0.717) is 28.4 Å². The number of carbonyl (C=O) groups is 1. The Morgan fingerprint density at radius 3 is 2.50 bits per heavy atom. The highest BCUT2D eigenvalue weighted by molar-refractivity contribution is 6.32. The maximum Gasteiger partial charge on any atom is 0.210 e. The first-order valence-electron chi connectivity index (χ1n) is 10.2. The van der Waals surface area contributed by atoms with Crippen LogP contribution in [0.5, 0.6) is 5.75 Å². The molecule has 5 rings (SSSR count). The molecule has 0 radical (unpaired) electrons. The summed E-state index contributed by atoms with van der Waals surface area (Å²) >= 11 is 0. The summed E-state index contributed by atoms with van der Waals surface area (Å²) in [5, 5.41) is 0. The first kappa shape index (κ1) is 19.9. The SMILES string of the molecule is CC1(C)OC(c2ccncc2)=C(c2ccc(OCc3cn4cc(F)ccc4n3)cc2)C1=O. The molecule has 4 heterocycles. The van der Waals surface area contributed by atoms with Gasteiger partial charge in [-0.1, -0.05) is 12.1 Å². The molecule has 160 valence electrons. The first-order chi connectivity index (χ1) is 15.4. The van der Waals surface area contributed by atoms with E-state index < -0.39 is 5.60 Å². The van der Waals surface area contributed by atoms with Crippen LogP contribution in [0.25, 0.3) is 17.0 Å². The third-order valence-electron chi connectivity index (χ3n) is 5.30. The van der Waals surface area contributed by atoms with Crippen LogP contribution < -0.4 is 4.74 Å². The fraction of sp³-hybridized carbons (Fsp3) is 0.160. The van der Waals surface area contributed by atoms with E-state index in [2.05, 4.69) is 9.97 Å². The predicted octanol–water partition coefficient (Wildman–Crippen LogP) is 4.69. The normalized spacial score (nSPS) is 15.3. The van der Waals surface area contributed by atoms with Crippen LogP contribution in [0.3, 0.4) is 0 Å². The van der Waals surface area contributed by atoms with E-state index in [1.807, 2.05) is 24.3 Å². The van der Waals surface area contributed by atoms with Crippen molar-refractivity contribution in [1.82, 2.24) is 14.4 Å². The van der Waals surface area contributed by atoms with Crippen molar-refractivity contribution in [2.24, 2.45) is 0 Å². The van der Waals surface area contributed by atoms with Crippen LogP contribution in [0.1, 0.15) is 30.7 Å². The van der Waals surface area contributed by atoms with Gasteiger partial charge in [-0.25, -0.2) is 9.37 Å². The van der Waals surface area contributed by atoms with Crippen molar-refractivity contribution < 1.29 is 18.7 Å². The van der Waals surface area contributed by atoms with Crippen LogP contribution in [-0.2, 0) is 16.1 Å². The van der Waals surface area contributed by atoms with Crippen LogP contribution in [0.15, 0.2) is 73.3 Å². The summed E-state index contributed by atoms with van der Waals surface area (Å²) in [7, 11) is 0. The van der Waals surface area contributed by atoms with E-state index in [1.54, 1.807) is 55.0 Å². The van der Waals surface area contributed by atoms with Crippen LogP contribution in [0.4, 0.5) is 4.39 Å². The minimum absolute atomic E-state index is 0.0742. The monoisotopic (exact) mass is 429 g/mol. The Bertz CT molecular complexity index is 1340. The molecule has 0 fully saturated rings. The predicted molar refractivity (Wildman–Crippen MR) is 117 cm³/mol. The van der Waals surface area contributed by atoms with Gasteiger partial charge in [-0.3, -0.25) is 9.78 Å². The summed E-state index contributed by atoms with van der Waals surface area (Å²) < 4.78 is 26.8. The Labute approximate surface area is 184 Å². The molecular formula is C25H20FN3O3. The van der Waals surface area contributed by atoms with Crippen LogP contribution in [0, 0.1) is 5.82 Å². The molecule has 0 saturated carbocycles. The second kappa shape index (κ2) is 7.60. The van der Waals surface area contributed by atoms with E-state index in [1.165, 1.54) is 12.3 Å². The molecule has 4 aromatic rings. The fourth-order valence-electron chi connectivity index (χ4n) is 3.69. The maximum atomic E-state index is 13.4. The molecule has 32 heavy (non-hydrogen) atoms. The maximum absolute atomic E-state index is 13.4. The largest absolute Gasteiger partial charge is 0.487 e. The lowest BCUT2D eigenvalue weighted by molar-refractivity contribution is -0.125. The van der Waals surface area contributed by atoms with Gasteiger partial charge in [0, 0.05) is 30.4 Å². The Balaban J connectivity index is 1.38. The van der Waals surface area contributed by atoms with Crippen molar-refractivity contribution in [3.63, 3.8) is 0 Å². The third-order valence-corrected chi connectivity index (χ3v) is 5.30. The van der Waals surface area contributed by atoms with Crippen LogP contribution in [0.2, 0.25) is 0 Å². The number of aromatic nitrogens is 3. The number of benzene rings is 1. The number of nitrogens with zero attached hydrogens (tertiary/aromatic N) is 3. The van der Waals surface area contributed by atoms with Crippen molar-refractivity contribution in [3.05, 3.63) is 96.0 Å². The average molecular weight is 429 g/mol. The summed E-state index contributed by atoms with van der Waals surface area (Å²) in [5.41, 5.74) is 2.49. The molecule has 0 bridgehead atoms. The Hall–Kier alpha value is -4.00. The summed E-state index contributed by atoms with van der Waals surface area (Å²) in [6.45, 7) is 3.77. The van der Waals surface area contributed by atoms with E-state index in [-0.39, 0.29) is 18.2 Å². The molecule has 1 aliphatic heterocycles. The zero-order valence-electron chi connectivity index (χ0n) is 17.6. The van der Waals surface area contributed by atoms with Gasteiger partial charge in [0.15, 0.2) is 5.60 Å². The van der Waals surface area contributed by atoms with Gasteiger partial charge in [0.05, 0.1) is 11.3 Å². The molecule has 0 N–H and O–H groups in total. The molecule has 0 atom stereocenters. The Kier molecular flexibility index (Phi) is 4.74. The average Bonchev–Trinajstić information content (AvgIpc) is 3.30. The van der Waals surface area contributed by atoms with Crippen LogP contribution in [-0.4, -0.2) is 25.8 Å². The number of fused-ring (bicyclic) bond motifs is 1. The molecule has 0 spiro atoms. The quantitative estimate of drug-likeness (QED) is 0.460. The number of carbonyl (C=O) groups excluding carboxylic acids is 1. The topological polar surface area (TPSA) is 65.7 Å². The number of rotatable bonds is 5. The Morgan fingerprint density at radius 1 is 1.00 bits per heavy atom. The van der Waals surface area contributed by atoms with Gasteiger partial charge in [0.25, 0.3) is 0 Å². The van der Waals surface area contributed by atoms with Gasteiger partial charge < -0.3 is 13.9 Å². The Morgan fingerprint density at radius 2 is 1.75 bits per heavy atom. The highest BCUT2D eigenvalue weighted by Gasteiger charge is 2.42. The molecule has 3 aromatic heterocycles. The van der Waals surface area contributed by atoms with E-state index in [4.69, 9.17) is 9.47 Å². The molecule has 0 aliphatic carbocycles. The van der Waals surface area contributed by atoms with Crippen molar-refractivity contribution in [2.45, 2.75) is 26.1 Å². The van der Waals surface area contributed by atoms with Crippen molar-refractivity contribution in [3.8, 4) is 5.75 Å².